The van der Waals surface area contributed by atoms with Gasteiger partial charge in [0.2, 0.25) is 0 Å². The lowest BCUT2D eigenvalue weighted by Crippen LogP contribution is -2.55. The van der Waals surface area contributed by atoms with Crippen molar-refractivity contribution in [2.75, 3.05) is 19.7 Å². The second-order valence-corrected chi connectivity index (χ2v) is 13.4. The third kappa shape index (κ3) is 4.63. The molecule has 1 saturated carbocycles. The van der Waals surface area contributed by atoms with Crippen LogP contribution >= 0.6 is 11.6 Å². The van der Waals surface area contributed by atoms with Crippen LogP contribution in [0.25, 0.3) is 0 Å². The Morgan fingerprint density at radius 1 is 1.27 bits per heavy atom. The number of carbonyl (C=O) groups is 2. The lowest BCUT2D eigenvalue weighted by Gasteiger charge is -2.37. The number of nitriles is 1. The highest BCUT2D eigenvalue weighted by Crippen LogP contribution is 2.50. The van der Waals surface area contributed by atoms with Gasteiger partial charge < -0.3 is 25.0 Å². The Hall–Kier alpha value is -2.91. The molecule has 12 heteroatoms. The molecule has 1 aromatic carbocycles. The van der Waals surface area contributed by atoms with Gasteiger partial charge in [0.05, 0.1) is 27.8 Å². The van der Waals surface area contributed by atoms with Crippen LogP contribution in [0.5, 0.6) is 0 Å². The van der Waals surface area contributed by atoms with Crippen LogP contribution in [0.3, 0.4) is 0 Å². The van der Waals surface area contributed by atoms with Crippen molar-refractivity contribution >= 4 is 33.3 Å². The molecule has 2 aliphatic rings. The van der Waals surface area contributed by atoms with Gasteiger partial charge in [-0.05, 0) is 50.5 Å². The lowest BCUT2D eigenvalue weighted by atomic mass is 10.1. The molecule has 2 aromatic rings. The molecule has 2 heterocycles. The molecule has 37 heavy (non-hydrogen) atoms. The molecular weight excluding hydrogens is 520 g/mol. The summed E-state index contributed by atoms with van der Waals surface area (Å²) in [6.07, 6.45) is -0.788. The average molecular weight is 549 g/mol. The fourth-order valence-corrected chi connectivity index (χ4v) is 7.39. The second kappa shape index (κ2) is 9.76. The standard InChI is InChI=1S/C25H29ClN4O6S/c1-24(2,20(32)14-31)37(35,36)25(7-8-25)15-29-9-10-30-19(23(29)34)11-17(12-27)21(30)22(33)28-13-16-3-5-18(26)6-4-16/h3-6,11,20,31-32H,7-10,13-15H2,1-2H3,(H,28,33)/t20-/m1/s1. The van der Waals surface area contributed by atoms with Gasteiger partial charge in [0.1, 0.15) is 17.5 Å². The van der Waals surface area contributed by atoms with Crippen LogP contribution in [0.1, 0.15) is 58.8 Å². The van der Waals surface area contributed by atoms with Crippen LogP contribution in [0, 0.1) is 11.3 Å². The van der Waals surface area contributed by atoms with Crippen LogP contribution in [0.2, 0.25) is 5.02 Å². The number of nitrogens with one attached hydrogen (secondary N) is 1. The number of hydrogen-bond donors (Lipinski definition) is 3. The smallest absolute Gasteiger partial charge is 0.270 e. The summed E-state index contributed by atoms with van der Waals surface area (Å²) in [6, 6.07) is 10.3. The number of nitrogens with zero attached hydrogens (tertiary/aromatic N) is 3. The Bertz CT molecular complexity index is 1370. The minimum Gasteiger partial charge on any atom is -0.394 e. The van der Waals surface area contributed by atoms with Gasteiger partial charge in [-0.15, -0.1) is 0 Å². The molecule has 3 N–H and O–H groups in total. The van der Waals surface area contributed by atoms with Crippen LogP contribution in [-0.2, 0) is 22.9 Å². The van der Waals surface area contributed by atoms with Gasteiger partial charge in [0.15, 0.2) is 9.84 Å². The fraction of sp³-hybridized carbons (Fsp3) is 0.480. The van der Waals surface area contributed by atoms with E-state index in [2.05, 4.69) is 5.32 Å². The van der Waals surface area contributed by atoms with Crippen molar-refractivity contribution in [3.8, 4) is 6.07 Å². The van der Waals surface area contributed by atoms with E-state index in [0.717, 1.165) is 5.56 Å². The molecule has 1 aliphatic carbocycles. The van der Waals surface area contributed by atoms with Gasteiger partial charge in [0, 0.05) is 31.2 Å². The largest absolute Gasteiger partial charge is 0.394 e. The first-order chi connectivity index (χ1) is 17.4. The normalized spacial score (nSPS) is 17.6. The maximum absolute atomic E-state index is 13.4. The number of amides is 2. The molecule has 10 nitrogen and oxygen atoms in total. The third-order valence-corrected chi connectivity index (χ3v) is 11.0. The molecule has 198 valence electrons. The summed E-state index contributed by atoms with van der Waals surface area (Å²) in [7, 11) is -3.93. The first-order valence-electron chi connectivity index (χ1n) is 11.9. The quantitative estimate of drug-likeness (QED) is 0.429. The zero-order valence-electron chi connectivity index (χ0n) is 20.6. The first-order valence-corrected chi connectivity index (χ1v) is 13.7. The summed E-state index contributed by atoms with van der Waals surface area (Å²) in [4.78, 5) is 27.8. The predicted molar refractivity (Wildman–Crippen MR) is 136 cm³/mol. The monoisotopic (exact) mass is 548 g/mol. The SMILES string of the molecule is CC(C)([C@H](O)CO)S(=O)(=O)C1(CN2CCn3c(cc(C#N)c3C(=O)NCc3ccc(Cl)cc3)C2=O)CC1. The molecular formula is C25H29ClN4O6S. The minimum atomic E-state index is -3.93. The zero-order chi connectivity index (χ0) is 27.2. The molecule has 0 spiro atoms. The van der Waals surface area contributed by atoms with Crippen LogP contribution in [-0.4, -0.2) is 75.2 Å². The highest BCUT2D eigenvalue weighted by molar-refractivity contribution is 7.94. The number of aliphatic hydroxyl groups is 2. The van der Waals surface area contributed by atoms with E-state index in [1.807, 2.05) is 6.07 Å². The molecule has 1 aliphatic heterocycles. The first kappa shape index (κ1) is 27.1. The Labute approximate surface area is 220 Å². The van der Waals surface area contributed by atoms with E-state index in [4.69, 9.17) is 11.6 Å². The summed E-state index contributed by atoms with van der Waals surface area (Å²) in [5.74, 6) is -0.971. The number of aliphatic hydroxyl groups excluding tert-OH is 2. The van der Waals surface area contributed by atoms with Crippen molar-refractivity contribution in [3.05, 3.63) is 57.9 Å². The van der Waals surface area contributed by atoms with Gasteiger partial charge in [-0.25, -0.2) is 8.42 Å². The Kier molecular flexibility index (Phi) is 7.16. The molecule has 4 rings (SSSR count). The van der Waals surface area contributed by atoms with Gasteiger partial charge in [-0.1, -0.05) is 23.7 Å². The molecule has 0 bridgehead atoms. The van der Waals surface area contributed by atoms with Crippen molar-refractivity contribution in [1.82, 2.24) is 14.8 Å². The second-order valence-electron chi connectivity index (χ2n) is 10.1. The fourth-order valence-electron chi connectivity index (χ4n) is 4.75. The lowest BCUT2D eigenvalue weighted by molar-refractivity contribution is 0.0665. The molecule has 0 radical (unpaired) electrons. The van der Waals surface area contributed by atoms with Gasteiger partial charge in [-0.2, -0.15) is 5.26 Å². The highest BCUT2D eigenvalue weighted by Gasteiger charge is 2.62. The van der Waals surface area contributed by atoms with Gasteiger partial charge >= 0.3 is 0 Å². The van der Waals surface area contributed by atoms with Crippen LogP contribution in [0.15, 0.2) is 30.3 Å². The van der Waals surface area contributed by atoms with E-state index in [0.29, 0.717) is 17.9 Å². The summed E-state index contributed by atoms with van der Waals surface area (Å²) in [6.45, 7) is 2.56. The number of aromatic nitrogens is 1. The third-order valence-electron chi connectivity index (χ3n) is 7.42. The number of sulfone groups is 1. The number of rotatable bonds is 9. The maximum Gasteiger partial charge on any atom is 0.270 e. The topological polar surface area (TPSA) is 153 Å². The Morgan fingerprint density at radius 2 is 1.92 bits per heavy atom. The van der Waals surface area contributed by atoms with Gasteiger partial charge in [0.25, 0.3) is 11.8 Å². The van der Waals surface area contributed by atoms with Crippen molar-refractivity contribution in [2.45, 2.75) is 55.4 Å². The zero-order valence-corrected chi connectivity index (χ0v) is 22.1. The Morgan fingerprint density at radius 3 is 2.49 bits per heavy atom. The number of carbonyl (C=O) groups excluding carboxylic acids is 2. The summed E-state index contributed by atoms with van der Waals surface area (Å²) >= 11 is 5.89. The van der Waals surface area contributed by atoms with Gasteiger partial charge in [-0.3, -0.25) is 9.59 Å². The van der Waals surface area contributed by atoms with E-state index in [-0.39, 0.29) is 43.1 Å². The number of hydrogen-bond acceptors (Lipinski definition) is 7. The minimum absolute atomic E-state index is 0.0553. The summed E-state index contributed by atoms with van der Waals surface area (Å²) in [5.41, 5.74) is 1.09. The maximum atomic E-state index is 13.4. The number of benzene rings is 1. The molecule has 0 saturated heterocycles. The predicted octanol–water partition coefficient (Wildman–Crippen LogP) is 1.48. The Balaban J connectivity index is 1.54. The number of fused-ring (bicyclic) bond motifs is 1. The molecule has 1 fully saturated rings. The van der Waals surface area contributed by atoms with E-state index < -0.39 is 43.9 Å². The molecule has 2 amide bonds. The van der Waals surface area contributed by atoms with Crippen molar-refractivity contribution < 1.29 is 28.2 Å². The molecule has 0 unspecified atom stereocenters. The van der Waals surface area contributed by atoms with E-state index >= 15 is 0 Å². The highest BCUT2D eigenvalue weighted by atomic mass is 35.5. The number of halogens is 1. The van der Waals surface area contributed by atoms with E-state index in [9.17, 15) is 33.5 Å². The molecule has 1 aromatic heterocycles. The van der Waals surface area contributed by atoms with Crippen LogP contribution < -0.4 is 5.32 Å². The van der Waals surface area contributed by atoms with Crippen molar-refractivity contribution in [3.63, 3.8) is 0 Å². The summed E-state index contributed by atoms with van der Waals surface area (Å²) in [5, 5.41) is 32.5. The van der Waals surface area contributed by atoms with Crippen LogP contribution in [0.4, 0.5) is 0 Å². The van der Waals surface area contributed by atoms with E-state index in [1.165, 1.54) is 29.4 Å². The summed E-state index contributed by atoms with van der Waals surface area (Å²) < 4.78 is 25.6. The van der Waals surface area contributed by atoms with E-state index in [1.54, 1.807) is 24.3 Å². The average Bonchev–Trinajstić information content (AvgIpc) is 3.57. The molecule has 1 atom stereocenters. The van der Waals surface area contributed by atoms with Crippen molar-refractivity contribution in [2.24, 2.45) is 0 Å². The van der Waals surface area contributed by atoms with Crippen molar-refractivity contribution in [1.29, 1.82) is 5.26 Å².